The molecule has 2 saturated carbocycles. The number of carbonyl (C=O) groups is 2. The van der Waals surface area contributed by atoms with Gasteiger partial charge in [-0.25, -0.2) is 4.79 Å². The standard InChI is InChI=1S/C33H42N2O6/c36-31(37)28(35-32(38)33(15-4-1-5-16-33)24-10-13-29-30(20-24)41-21-40-29)14-17-39-26-18-22(19-26)8-11-25-12-9-23-6-2-3-7-27(23)34-25/h9-10,12-13,20,22,26,28H,1-8,11,14-19,21H2,(H,35,38)(H,36,37). The number of carboxylic acid groups (broad SMARTS) is 1. The van der Waals surface area contributed by atoms with E-state index in [1.165, 1.54) is 29.8 Å². The Hall–Kier alpha value is -3.13. The number of nitrogens with zero attached hydrogens (tertiary/aromatic N) is 1. The normalized spacial score (nSPS) is 23.2. The lowest BCUT2D eigenvalue weighted by atomic mass is 9.68. The van der Waals surface area contributed by atoms with Crippen LogP contribution < -0.4 is 14.8 Å². The minimum absolute atomic E-state index is 0.167. The summed E-state index contributed by atoms with van der Waals surface area (Å²) in [5.41, 5.74) is 4.03. The Kier molecular flexibility index (Phi) is 8.47. The van der Waals surface area contributed by atoms with E-state index in [2.05, 4.69) is 17.4 Å². The number of amides is 1. The molecule has 8 heteroatoms. The molecule has 1 aromatic heterocycles. The number of hydrogen-bond acceptors (Lipinski definition) is 6. The van der Waals surface area contributed by atoms with Crippen molar-refractivity contribution in [2.45, 2.75) is 107 Å². The second-order valence-electron chi connectivity index (χ2n) is 12.3. The highest BCUT2D eigenvalue weighted by molar-refractivity contribution is 5.91. The molecule has 2 fully saturated rings. The molecule has 1 atom stereocenters. The van der Waals surface area contributed by atoms with E-state index >= 15 is 0 Å². The van der Waals surface area contributed by atoms with Crippen LogP contribution in [-0.2, 0) is 39.0 Å². The summed E-state index contributed by atoms with van der Waals surface area (Å²) in [5.74, 6) is 0.696. The Morgan fingerprint density at radius 3 is 2.66 bits per heavy atom. The van der Waals surface area contributed by atoms with Gasteiger partial charge in [0.05, 0.1) is 11.5 Å². The number of hydrogen-bond donors (Lipinski definition) is 2. The molecule has 8 nitrogen and oxygen atoms in total. The number of benzene rings is 1. The molecule has 3 aliphatic carbocycles. The minimum atomic E-state index is -1.03. The van der Waals surface area contributed by atoms with E-state index in [0.29, 0.717) is 36.9 Å². The van der Waals surface area contributed by atoms with Crippen molar-refractivity contribution < 1.29 is 28.9 Å². The van der Waals surface area contributed by atoms with Gasteiger partial charge < -0.3 is 24.6 Å². The van der Waals surface area contributed by atoms with E-state index in [4.69, 9.17) is 19.2 Å². The second-order valence-corrected chi connectivity index (χ2v) is 12.3. The predicted octanol–water partition coefficient (Wildman–Crippen LogP) is 5.28. The van der Waals surface area contributed by atoms with E-state index in [0.717, 1.165) is 63.4 Å². The number of fused-ring (bicyclic) bond motifs is 2. The Labute approximate surface area is 242 Å². The van der Waals surface area contributed by atoms with E-state index < -0.39 is 17.4 Å². The molecule has 0 saturated heterocycles. The number of ether oxygens (including phenoxy) is 3. The van der Waals surface area contributed by atoms with Crippen molar-refractivity contribution in [1.82, 2.24) is 10.3 Å². The molecule has 0 bridgehead atoms. The third kappa shape index (κ3) is 6.22. The number of carbonyl (C=O) groups excluding carboxylic acids is 1. The summed E-state index contributed by atoms with van der Waals surface area (Å²) in [6, 6.07) is 9.14. The number of pyridine rings is 1. The number of aryl methyl sites for hydroxylation is 3. The quantitative estimate of drug-likeness (QED) is 0.384. The predicted molar refractivity (Wildman–Crippen MR) is 153 cm³/mol. The summed E-state index contributed by atoms with van der Waals surface area (Å²) in [7, 11) is 0. The first-order chi connectivity index (χ1) is 20.0. The van der Waals surface area contributed by atoms with Crippen LogP contribution in [0.5, 0.6) is 11.5 Å². The Morgan fingerprint density at radius 1 is 1.02 bits per heavy atom. The Balaban J connectivity index is 0.974. The van der Waals surface area contributed by atoms with E-state index in [9.17, 15) is 14.7 Å². The van der Waals surface area contributed by atoms with Gasteiger partial charge >= 0.3 is 5.97 Å². The van der Waals surface area contributed by atoms with Gasteiger partial charge in [0.2, 0.25) is 12.7 Å². The van der Waals surface area contributed by atoms with Crippen molar-refractivity contribution in [2.24, 2.45) is 5.92 Å². The van der Waals surface area contributed by atoms with Crippen molar-refractivity contribution in [3.05, 3.63) is 52.8 Å². The highest BCUT2D eigenvalue weighted by atomic mass is 16.7. The minimum Gasteiger partial charge on any atom is -0.480 e. The van der Waals surface area contributed by atoms with Gasteiger partial charge in [0, 0.05) is 24.4 Å². The van der Waals surface area contributed by atoms with Crippen LogP contribution in [0, 0.1) is 5.92 Å². The summed E-state index contributed by atoms with van der Waals surface area (Å²) in [6.45, 7) is 0.491. The highest BCUT2D eigenvalue weighted by Crippen LogP contribution is 2.44. The van der Waals surface area contributed by atoms with E-state index in [-0.39, 0.29) is 25.2 Å². The molecule has 6 rings (SSSR count). The van der Waals surface area contributed by atoms with E-state index in [1.807, 2.05) is 18.2 Å². The average Bonchev–Trinajstić information content (AvgIpc) is 3.45. The van der Waals surface area contributed by atoms with Crippen molar-refractivity contribution in [1.29, 1.82) is 0 Å². The average molecular weight is 563 g/mol. The summed E-state index contributed by atoms with van der Waals surface area (Å²) < 4.78 is 17.1. The van der Waals surface area contributed by atoms with Gasteiger partial charge in [-0.05, 0) is 99.5 Å². The molecule has 1 amide bonds. The van der Waals surface area contributed by atoms with Crippen molar-refractivity contribution in [3.63, 3.8) is 0 Å². The molecule has 0 radical (unpaired) electrons. The summed E-state index contributed by atoms with van der Waals surface area (Å²) >= 11 is 0. The van der Waals surface area contributed by atoms with Gasteiger partial charge in [-0.15, -0.1) is 0 Å². The first kappa shape index (κ1) is 28.0. The Morgan fingerprint density at radius 2 is 1.83 bits per heavy atom. The molecule has 1 aliphatic heterocycles. The maximum atomic E-state index is 13.7. The molecule has 1 unspecified atom stereocenters. The topological polar surface area (TPSA) is 107 Å². The zero-order chi connectivity index (χ0) is 28.2. The van der Waals surface area contributed by atoms with Crippen LogP contribution in [0.1, 0.15) is 93.1 Å². The molecular formula is C33H42N2O6. The van der Waals surface area contributed by atoms with Crippen LogP contribution in [-0.4, -0.2) is 47.5 Å². The van der Waals surface area contributed by atoms with Crippen LogP contribution in [0.15, 0.2) is 30.3 Å². The van der Waals surface area contributed by atoms with Gasteiger partial charge in [-0.3, -0.25) is 9.78 Å². The fourth-order valence-electron chi connectivity index (χ4n) is 7.07. The van der Waals surface area contributed by atoms with Crippen molar-refractivity contribution in [2.75, 3.05) is 13.4 Å². The van der Waals surface area contributed by atoms with Gasteiger partial charge in [-0.1, -0.05) is 31.4 Å². The Bertz CT molecular complexity index is 1250. The zero-order valence-corrected chi connectivity index (χ0v) is 23.9. The van der Waals surface area contributed by atoms with Gasteiger partial charge in [0.1, 0.15) is 6.04 Å². The monoisotopic (exact) mass is 562 g/mol. The largest absolute Gasteiger partial charge is 0.480 e. The molecule has 2 heterocycles. The molecule has 4 aliphatic rings. The molecule has 0 spiro atoms. The number of carboxylic acids is 1. The van der Waals surface area contributed by atoms with Gasteiger partial charge in [0.15, 0.2) is 11.5 Å². The molecule has 2 aromatic rings. The molecule has 41 heavy (non-hydrogen) atoms. The lowest BCUT2D eigenvalue weighted by molar-refractivity contribution is -0.144. The lowest BCUT2D eigenvalue weighted by Gasteiger charge is -2.37. The lowest BCUT2D eigenvalue weighted by Crippen LogP contribution is -2.52. The second kappa shape index (κ2) is 12.4. The van der Waals surface area contributed by atoms with Crippen LogP contribution in [0.25, 0.3) is 0 Å². The molecular weight excluding hydrogens is 520 g/mol. The number of aliphatic carboxylic acids is 1. The first-order valence-corrected chi connectivity index (χ1v) is 15.5. The first-order valence-electron chi connectivity index (χ1n) is 15.5. The van der Waals surface area contributed by atoms with Crippen LogP contribution in [0.4, 0.5) is 0 Å². The SMILES string of the molecule is O=C(O)C(CCOC1CC(CCc2ccc3c(n2)CCCC3)C1)NC(=O)C1(c2ccc3c(c2)OCO3)CCCCC1. The van der Waals surface area contributed by atoms with Crippen molar-refractivity contribution in [3.8, 4) is 11.5 Å². The van der Waals surface area contributed by atoms with Crippen LogP contribution in [0.2, 0.25) is 0 Å². The molecule has 2 N–H and O–H groups in total. The van der Waals surface area contributed by atoms with E-state index in [1.54, 1.807) is 0 Å². The third-order valence-electron chi connectivity index (χ3n) is 9.67. The molecule has 1 aromatic carbocycles. The fourth-order valence-corrected chi connectivity index (χ4v) is 7.07. The smallest absolute Gasteiger partial charge is 0.326 e. The third-order valence-corrected chi connectivity index (χ3v) is 9.67. The van der Waals surface area contributed by atoms with Crippen molar-refractivity contribution >= 4 is 11.9 Å². The zero-order valence-electron chi connectivity index (χ0n) is 23.9. The number of nitrogens with one attached hydrogen (secondary N) is 1. The maximum Gasteiger partial charge on any atom is 0.326 e. The summed E-state index contributed by atoms with van der Waals surface area (Å²) in [6.07, 6.45) is 13.6. The van der Waals surface area contributed by atoms with Crippen LogP contribution in [0.3, 0.4) is 0 Å². The highest BCUT2D eigenvalue weighted by Gasteiger charge is 2.43. The maximum absolute atomic E-state index is 13.7. The number of aromatic nitrogens is 1. The number of rotatable bonds is 11. The molecule has 220 valence electrons. The van der Waals surface area contributed by atoms with Gasteiger partial charge in [0.25, 0.3) is 0 Å². The fraction of sp³-hybridized carbons (Fsp3) is 0.606. The van der Waals surface area contributed by atoms with Crippen LogP contribution >= 0.6 is 0 Å². The summed E-state index contributed by atoms with van der Waals surface area (Å²) in [5, 5.41) is 12.8. The van der Waals surface area contributed by atoms with Gasteiger partial charge in [-0.2, -0.15) is 0 Å². The summed E-state index contributed by atoms with van der Waals surface area (Å²) in [4.78, 5) is 30.8.